The fourth-order valence-corrected chi connectivity index (χ4v) is 2.64. The van der Waals surface area contributed by atoms with E-state index in [2.05, 4.69) is 10.8 Å². The Morgan fingerprint density at radius 1 is 1.12 bits per heavy atom. The summed E-state index contributed by atoms with van der Waals surface area (Å²) in [5.41, 5.74) is 0.899. The third-order valence-corrected chi connectivity index (χ3v) is 3.96. The number of hydrogen-bond acceptors (Lipinski definition) is 3. The minimum Gasteiger partial charge on any atom is -0.270 e. The fraction of sp³-hybridized carbons (Fsp3) is 0.0769. The minimum atomic E-state index is -3.68. The van der Waals surface area contributed by atoms with E-state index in [9.17, 15) is 8.42 Å². The van der Waals surface area contributed by atoms with Crippen molar-refractivity contribution >= 4 is 27.0 Å². The van der Waals surface area contributed by atoms with Gasteiger partial charge in [0.2, 0.25) is 0 Å². The molecule has 17 heavy (non-hydrogen) atoms. The van der Waals surface area contributed by atoms with E-state index in [4.69, 9.17) is 0 Å². The van der Waals surface area contributed by atoms with Gasteiger partial charge in [0, 0.05) is 5.39 Å². The Bertz CT molecular complexity index is 672. The summed E-state index contributed by atoms with van der Waals surface area (Å²) in [7, 11) is -2.53. The van der Waals surface area contributed by atoms with E-state index in [1.54, 1.807) is 24.3 Å². The summed E-state index contributed by atoms with van der Waals surface area (Å²) >= 11 is 0. The van der Waals surface area contributed by atoms with Crippen LogP contribution in [0.15, 0.2) is 47.9 Å². The molecule has 0 bridgehead atoms. The zero-order valence-corrected chi connectivity index (χ0v) is 10.2. The van der Waals surface area contributed by atoms with E-state index < -0.39 is 10.1 Å². The normalized spacial score (nSPS) is 11.6. The van der Waals surface area contributed by atoms with Gasteiger partial charge in [-0.1, -0.05) is 43.0 Å². The smallest absolute Gasteiger partial charge is 0.270 e. The van der Waals surface area contributed by atoms with Crippen molar-refractivity contribution in [2.24, 2.45) is 0 Å². The molecule has 0 aliphatic heterocycles. The summed E-state index contributed by atoms with van der Waals surface area (Å²) in [5, 5.41) is 1.49. The number of fused-ring (bicyclic) bond motifs is 1. The van der Waals surface area contributed by atoms with Gasteiger partial charge in [-0.3, -0.25) is 4.18 Å². The molecule has 4 heteroatoms. The molecule has 2 aromatic carbocycles. The maximum absolute atomic E-state index is 11.8. The first-order valence-corrected chi connectivity index (χ1v) is 6.46. The van der Waals surface area contributed by atoms with Gasteiger partial charge in [0.1, 0.15) is 4.90 Å². The zero-order chi connectivity index (χ0) is 12.5. The molecule has 2 rings (SSSR count). The number of benzene rings is 2. The van der Waals surface area contributed by atoms with E-state index in [0.717, 1.165) is 18.1 Å². The average molecular weight is 248 g/mol. The Kier molecular flexibility index (Phi) is 3.00. The topological polar surface area (TPSA) is 43.4 Å². The van der Waals surface area contributed by atoms with Gasteiger partial charge in [0.25, 0.3) is 10.1 Å². The van der Waals surface area contributed by atoms with Gasteiger partial charge in [0.05, 0.1) is 7.11 Å². The van der Waals surface area contributed by atoms with Crippen molar-refractivity contribution in [3.63, 3.8) is 0 Å². The second kappa shape index (κ2) is 4.31. The highest BCUT2D eigenvalue weighted by molar-refractivity contribution is 7.87. The van der Waals surface area contributed by atoms with Crippen LogP contribution in [0.2, 0.25) is 0 Å². The molecule has 0 spiro atoms. The molecule has 2 aromatic rings. The van der Waals surface area contributed by atoms with Crippen LogP contribution in [0.3, 0.4) is 0 Å². The van der Waals surface area contributed by atoms with Crippen molar-refractivity contribution in [3.8, 4) is 0 Å². The van der Waals surface area contributed by atoms with Crippen molar-refractivity contribution in [2.75, 3.05) is 7.11 Å². The van der Waals surface area contributed by atoms with Crippen LogP contribution in [0.5, 0.6) is 0 Å². The van der Waals surface area contributed by atoms with E-state index >= 15 is 0 Å². The SMILES string of the molecule is C=Cc1ccc(S(=O)(=O)OC)c2ccccc12. The van der Waals surface area contributed by atoms with Gasteiger partial charge in [-0.05, 0) is 17.0 Å². The molecular weight excluding hydrogens is 236 g/mol. The van der Waals surface area contributed by atoms with Crippen LogP contribution in [0.4, 0.5) is 0 Å². The first-order chi connectivity index (χ1) is 8.10. The Hall–Kier alpha value is -1.65. The lowest BCUT2D eigenvalue weighted by Gasteiger charge is -2.08. The minimum absolute atomic E-state index is 0.182. The highest BCUT2D eigenvalue weighted by atomic mass is 32.2. The van der Waals surface area contributed by atoms with Gasteiger partial charge in [-0.2, -0.15) is 8.42 Å². The van der Waals surface area contributed by atoms with Crippen LogP contribution >= 0.6 is 0 Å². The van der Waals surface area contributed by atoms with Gasteiger partial charge < -0.3 is 0 Å². The molecule has 0 fully saturated rings. The summed E-state index contributed by atoms with van der Waals surface area (Å²) in [5.74, 6) is 0. The third-order valence-electron chi connectivity index (χ3n) is 2.63. The summed E-state index contributed by atoms with van der Waals surface area (Å²) in [4.78, 5) is 0.182. The third kappa shape index (κ3) is 1.97. The van der Waals surface area contributed by atoms with Crippen LogP contribution in [0.1, 0.15) is 5.56 Å². The lowest BCUT2D eigenvalue weighted by atomic mass is 10.0. The summed E-state index contributed by atoms with van der Waals surface area (Å²) < 4.78 is 28.1. The monoisotopic (exact) mass is 248 g/mol. The molecule has 0 N–H and O–H groups in total. The van der Waals surface area contributed by atoms with E-state index in [1.165, 1.54) is 6.07 Å². The molecule has 0 radical (unpaired) electrons. The molecule has 88 valence electrons. The van der Waals surface area contributed by atoms with Crippen LogP contribution in [-0.4, -0.2) is 15.5 Å². The summed E-state index contributed by atoms with van der Waals surface area (Å²) in [6, 6.07) is 10.5. The molecule has 0 aliphatic carbocycles. The molecule has 0 aromatic heterocycles. The predicted molar refractivity (Wildman–Crippen MR) is 68.2 cm³/mol. The number of hydrogen-bond donors (Lipinski definition) is 0. The predicted octanol–water partition coefficient (Wildman–Crippen LogP) is 2.82. The van der Waals surface area contributed by atoms with Crippen LogP contribution in [-0.2, 0) is 14.3 Å². The summed E-state index contributed by atoms with van der Waals surface area (Å²) in [6.07, 6.45) is 1.70. The highest BCUT2D eigenvalue weighted by Gasteiger charge is 2.17. The average Bonchev–Trinajstić information content (AvgIpc) is 2.37. The molecule has 0 unspecified atom stereocenters. The van der Waals surface area contributed by atoms with E-state index in [0.29, 0.717) is 5.39 Å². The van der Waals surface area contributed by atoms with E-state index in [-0.39, 0.29) is 4.90 Å². The Morgan fingerprint density at radius 3 is 2.35 bits per heavy atom. The molecule has 0 aliphatic rings. The molecule has 0 atom stereocenters. The standard InChI is InChI=1S/C13H12O3S/c1-3-10-8-9-13(17(14,15)16-2)12-7-5-4-6-11(10)12/h3-9H,1H2,2H3. The van der Waals surface area contributed by atoms with E-state index in [1.807, 2.05) is 12.1 Å². The van der Waals surface area contributed by atoms with Gasteiger partial charge in [-0.15, -0.1) is 0 Å². The molecule has 0 amide bonds. The molecular formula is C13H12O3S. The molecule has 0 saturated heterocycles. The van der Waals surface area contributed by atoms with Crippen LogP contribution in [0, 0.1) is 0 Å². The van der Waals surface area contributed by atoms with Crippen molar-refractivity contribution < 1.29 is 12.6 Å². The molecule has 0 saturated carbocycles. The summed E-state index contributed by atoms with van der Waals surface area (Å²) in [6.45, 7) is 3.71. The zero-order valence-electron chi connectivity index (χ0n) is 9.38. The largest absolute Gasteiger partial charge is 0.297 e. The molecule has 0 heterocycles. The van der Waals surface area contributed by atoms with Crippen molar-refractivity contribution in [1.82, 2.24) is 0 Å². The Morgan fingerprint density at radius 2 is 1.76 bits per heavy atom. The second-order valence-corrected chi connectivity index (χ2v) is 5.20. The maximum Gasteiger partial charge on any atom is 0.297 e. The van der Waals surface area contributed by atoms with Gasteiger partial charge in [0.15, 0.2) is 0 Å². The first kappa shape index (κ1) is 11.8. The maximum atomic E-state index is 11.8. The Labute approximate surface area is 100 Å². The van der Waals surface area contributed by atoms with Gasteiger partial charge >= 0.3 is 0 Å². The van der Waals surface area contributed by atoms with Crippen molar-refractivity contribution in [1.29, 1.82) is 0 Å². The van der Waals surface area contributed by atoms with Crippen LogP contribution in [0.25, 0.3) is 16.8 Å². The second-order valence-electron chi connectivity index (χ2n) is 3.52. The quantitative estimate of drug-likeness (QED) is 0.784. The first-order valence-electron chi connectivity index (χ1n) is 5.05. The fourth-order valence-electron chi connectivity index (χ4n) is 1.78. The lowest BCUT2D eigenvalue weighted by molar-refractivity contribution is 0.398. The van der Waals surface area contributed by atoms with Crippen molar-refractivity contribution in [2.45, 2.75) is 4.90 Å². The van der Waals surface area contributed by atoms with Gasteiger partial charge in [-0.25, -0.2) is 0 Å². The molecule has 3 nitrogen and oxygen atoms in total. The number of rotatable bonds is 3. The highest BCUT2D eigenvalue weighted by Crippen LogP contribution is 2.27. The van der Waals surface area contributed by atoms with Crippen molar-refractivity contribution in [3.05, 3.63) is 48.5 Å². The lowest BCUT2D eigenvalue weighted by Crippen LogP contribution is -2.03. The Balaban J connectivity index is 2.90. The van der Waals surface area contributed by atoms with Crippen LogP contribution < -0.4 is 0 Å².